The molecule has 0 rings (SSSR count). The molecule has 0 aliphatic carbocycles. The van der Waals surface area contributed by atoms with Crippen LogP contribution in [0.1, 0.15) is 73.1 Å². The number of carbonyl (C=O) groups is 2. The fourth-order valence-electron chi connectivity index (χ4n) is 2.77. The van der Waals surface area contributed by atoms with Crippen LogP contribution in [-0.2, 0) is 19.1 Å². The Bertz CT molecular complexity index is 407. The lowest BCUT2D eigenvalue weighted by Gasteiger charge is -2.33. The molecule has 25 heavy (non-hydrogen) atoms. The summed E-state index contributed by atoms with van der Waals surface area (Å²) in [4.78, 5) is 26.9. The normalized spacial score (nSPS) is 14.2. The van der Waals surface area contributed by atoms with Gasteiger partial charge < -0.3 is 14.4 Å². The van der Waals surface area contributed by atoms with E-state index in [4.69, 9.17) is 9.47 Å². The topological polar surface area (TPSA) is 55.8 Å². The number of unbranched alkanes of at least 4 members (excludes halogenated alkanes) is 3. The van der Waals surface area contributed by atoms with Crippen LogP contribution in [0.3, 0.4) is 0 Å². The molecule has 0 fully saturated rings. The molecule has 0 aliphatic heterocycles. The lowest BCUT2D eigenvalue weighted by molar-refractivity contribution is -0.163. The van der Waals surface area contributed by atoms with E-state index in [9.17, 15) is 9.59 Å². The van der Waals surface area contributed by atoms with Crippen molar-refractivity contribution >= 4 is 11.9 Å². The fraction of sp³-hybridized carbons (Fsp3) is 0.900. The second-order valence-electron chi connectivity index (χ2n) is 8.11. The molecule has 5 nitrogen and oxygen atoms in total. The van der Waals surface area contributed by atoms with Crippen LogP contribution in [0.15, 0.2) is 0 Å². The molecular weight excluding hydrogens is 318 g/mol. The van der Waals surface area contributed by atoms with Gasteiger partial charge in [0.15, 0.2) is 0 Å². The molecule has 0 aliphatic rings. The molecular formula is C20H39NO4. The Hall–Kier alpha value is -1.10. The number of hydrogen-bond donors (Lipinski definition) is 0. The summed E-state index contributed by atoms with van der Waals surface area (Å²) in [5.41, 5.74) is -1.40. The highest BCUT2D eigenvalue weighted by molar-refractivity contribution is 5.80. The Morgan fingerprint density at radius 2 is 1.48 bits per heavy atom. The molecule has 0 saturated carbocycles. The van der Waals surface area contributed by atoms with Gasteiger partial charge in [0.05, 0.1) is 17.4 Å². The van der Waals surface area contributed by atoms with Gasteiger partial charge in [-0.3, -0.25) is 9.59 Å². The molecule has 0 radical (unpaired) electrons. The zero-order valence-corrected chi connectivity index (χ0v) is 17.4. The van der Waals surface area contributed by atoms with Crippen LogP contribution in [0.5, 0.6) is 0 Å². The van der Waals surface area contributed by atoms with Crippen molar-refractivity contribution in [1.29, 1.82) is 0 Å². The average Bonchev–Trinajstić information content (AvgIpc) is 2.53. The first-order chi connectivity index (χ1) is 11.6. The van der Waals surface area contributed by atoms with E-state index in [0.29, 0.717) is 32.6 Å². The van der Waals surface area contributed by atoms with Crippen molar-refractivity contribution in [3.63, 3.8) is 0 Å². The third kappa shape index (κ3) is 9.24. The minimum atomic E-state index is -0.712. The molecule has 0 aromatic rings. The van der Waals surface area contributed by atoms with E-state index in [1.165, 1.54) is 0 Å². The van der Waals surface area contributed by atoms with Crippen molar-refractivity contribution in [1.82, 2.24) is 4.90 Å². The van der Waals surface area contributed by atoms with Crippen molar-refractivity contribution in [3.8, 4) is 0 Å². The van der Waals surface area contributed by atoms with E-state index in [1.807, 2.05) is 46.7 Å². The maximum absolute atomic E-state index is 12.5. The summed E-state index contributed by atoms with van der Waals surface area (Å²) < 4.78 is 10.9. The van der Waals surface area contributed by atoms with E-state index < -0.39 is 10.8 Å². The SMILES string of the molecule is CCCCCCOC(=O)C(C)(C)CC(C)(CC)C(=O)OCCN(C)C. The van der Waals surface area contributed by atoms with Gasteiger partial charge in [-0.2, -0.15) is 0 Å². The number of hydrogen-bond acceptors (Lipinski definition) is 5. The molecule has 0 amide bonds. The summed E-state index contributed by atoms with van der Waals surface area (Å²) in [5.74, 6) is -0.467. The van der Waals surface area contributed by atoms with Gasteiger partial charge in [-0.15, -0.1) is 0 Å². The van der Waals surface area contributed by atoms with Gasteiger partial charge in [-0.05, 0) is 54.1 Å². The van der Waals surface area contributed by atoms with Crippen LogP contribution in [0.4, 0.5) is 0 Å². The summed E-state index contributed by atoms with van der Waals surface area (Å²) >= 11 is 0. The Kier molecular flexibility index (Phi) is 11.0. The molecule has 5 heteroatoms. The summed E-state index contributed by atoms with van der Waals surface area (Å²) in [5, 5.41) is 0. The maximum Gasteiger partial charge on any atom is 0.311 e. The van der Waals surface area contributed by atoms with Gasteiger partial charge in [0.2, 0.25) is 0 Å². The summed E-state index contributed by atoms with van der Waals surface area (Å²) in [7, 11) is 3.87. The molecule has 1 unspecified atom stereocenters. The van der Waals surface area contributed by atoms with Gasteiger partial charge in [0.1, 0.15) is 6.61 Å². The largest absolute Gasteiger partial charge is 0.465 e. The monoisotopic (exact) mass is 357 g/mol. The van der Waals surface area contributed by atoms with Gasteiger partial charge in [0.25, 0.3) is 0 Å². The molecule has 0 N–H and O–H groups in total. The number of ether oxygens (including phenoxy) is 2. The van der Waals surface area contributed by atoms with Crippen molar-refractivity contribution in [2.45, 2.75) is 73.1 Å². The predicted octanol–water partition coefficient (Wildman–Crippen LogP) is 4.05. The summed E-state index contributed by atoms with van der Waals surface area (Å²) in [6.45, 7) is 11.2. The Morgan fingerprint density at radius 1 is 0.880 bits per heavy atom. The van der Waals surface area contributed by atoms with Crippen molar-refractivity contribution < 1.29 is 19.1 Å². The number of rotatable bonds is 13. The van der Waals surface area contributed by atoms with Gasteiger partial charge in [0, 0.05) is 6.54 Å². The first-order valence-electron chi connectivity index (χ1n) is 9.58. The molecule has 0 bridgehead atoms. The Balaban J connectivity index is 4.61. The molecule has 0 aromatic carbocycles. The van der Waals surface area contributed by atoms with Crippen molar-refractivity contribution in [3.05, 3.63) is 0 Å². The van der Waals surface area contributed by atoms with Crippen LogP contribution >= 0.6 is 0 Å². The van der Waals surface area contributed by atoms with Gasteiger partial charge >= 0.3 is 11.9 Å². The van der Waals surface area contributed by atoms with Crippen LogP contribution in [0.25, 0.3) is 0 Å². The molecule has 0 spiro atoms. The van der Waals surface area contributed by atoms with Crippen LogP contribution < -0.4 is 0 Å². The van der Waals surface area contributed by atoms with Gasteiger partial charge in [-0.25, -0.2) is 0 Å². The highest BCUT2D eigenvalue weighted by atomic mass is 16.5. The van der Waals surface area contributed by atoms with E-state index in [1.54, 1.807) is 0 Å². The molecule has 148 valence electrons. The second-order valence-corrected chi connectivity index (χ2v) is 8.11. The van der Waals surface area contributed by atoms with Crippen molar-refractivity contribution in [2.75, 3.05) is 33.9 Å². The fourth-order valence-corrected chi connectivity index (χ4v) is 2.77. The van der Waals surface area contributed by atoms with Gasteiger partial charge in [-0.1, -0.05) is 33.1 Å². The Morgan fingerprint density at radius 3 is 2.00 bits per heavy atom. The third-order valence-electron chi connectivity index (χ3n) is 4.66. The molecule has 1 atom stereocenters. The average molecular weight is 358 g/mol. The first kappa shape index (κ1) is 23.9. The van der Waals surface area contributed by atoms with E-state index in [-0.39, 0.29) is 11.9 Å². The van der Waals surface area contributed by atoms with E-state index >= 15 is 0 Å². The highest BCUT2D eigenvalue weighted by Gasteiger charge is 2.42. The number of nitrogens with zero attached hydrogens (tertiary/aromatic N) is 1. The minimum absolute atomic E-state index is 0.232. The van der Waals surface area contributed by atoms with Crippen LogP contribution in [0.2, 0.25) is 0 Å². The Labute approximate surface area is 154 Å². The quantitative estimate of drug-likeness (QED) is 0.368. The lowest BCUT2D eigenvalue weighted by Crippen LogP contribution is -2.39. The van der Waals surface area contributed by atoms with E-state index in [2.05, 4.69) is 6.92 Å². The summed E-state index contributed by atoms with van der Waals surface area (Å²) in [6, 6.07) is 0. The zero-order valence-electron chi connectivity index (χ0n) is 17.4. The standard InChI is InChI=1S/C20H39NO4/c1-8-10-11-12-14-24-17(22)19(3,4)16-20(5,9-2)18(23)25-15-13-21(6)7/h8-16H2,1-7H3. The third-order valence-corrected chi connectivity index (χ3v) is 4.66. The predicted molar refractivity (Wildman–Crippen MR) is 101 cm³/mol. The second kappa shape index (κ2) is 11.5. The first-order valence-corrected chi connectivity index (χ1v) is 9.58. The summed E-state index contributed by atoms with van der Waals surface area (Å²) in [6.07, 6.45) is 5.34. The lowest BCUT2D eigenvalue weighted by atomic mass is 9.72. The van der Waals surface area contributed by atoms with Crippen LogP contribution in [0, 0.1) is 10.8 Å². The molecule has 0 heterocycles. The minimum Gasteiger partial charge on any atom is -0.465 e. The maximum atomic E-state index is 12.5. The zero-order chi connectivity index (χ0) is 19.5. The smallest absolute Gasteiger partial charge is 0.311 e. The van der Waals surface area contributed by atoms with Crippen LogP contribution in [-0.4, -0.2) is 50.7 Å². The number of carbonyl (C=O) groups excluding carboxylic acids is 2. The molecule has 0 aromatic heterocycles. The van der Waals surface area contributed by atoms with E-state index in [0.717, 1.165) is 25.7 Å². The highest BCUT2D eigenvalue weighted by Crippen LogP contribution is 2.38. The number of likely N-dealkylation sites (N-methyl/N-ethyl adjacent to an activating group) is 1. The molecule has 0 saturated heterocycles. The number of esters is 2. The van der Waals surface area contributed by atoms with Crippen molar-refractivity contribution in [2.24, 2.45) is 10.8 Å².